The minimum atomic E-state index is 0.0549. The zero-order valence-corrected chi connectivity index (χ0v) is 12.5. The maximum Gasteiger partial charge on any atom is 0.231 e. The number of anilines is 1. The number of hydrogen-bond acceptors (Lipinski definition) is 3. The van der Waals surface area contributed by atoms with Gasteiger partial charge in [-0.3, -0.25) is 14.7 Å². The van der Waals surface area contributed by atoms with Gasteiger partial charge in [0.15, 0.2) is 0 Å². The molecule has 1 saturated carbocycles. The number of hydrogen-bond donors (Lipinski definition) is 1. The molecule has 0 aliphatic heterocycles. The summed E-state index contributed by atoms with van der Waals surface area (Å²) in [6.45, 7) is 0. The zero-order chi connectivity index (χ0) is 14.9. The monoisotopic (exact) mass is 296 g/mol. The number of rotatable bonds is 4. The molecule has 1 unspecified atom stereocenters. The fourth-order valence-corrected chi connectivity index (χ4v) is 3.34. The number of aryl methyl sites for hydroxylation is 1. The number of carbonyl (C=O) groups is 1. The second kappa shape index (κ2) is 5.55. The van der Waals surface area contributed by atoms with Gasteiger partial charge >= 0.3 is 0 Å². The van der Waals surface area contributed by atoms with Crippen LogP contribution in [0.25, 0.3) is 0 Å². The molecule has 1 amide bonds. The highest BCUT2D eigenvalue weighted by molar-refractivity contribution is 5.89. The van der Waals surface area contributed by atoms with Crippen molar-refractivity contribution in [1.82, 2.24) is 14.8 Å². The van der Waals surface area contributed by atoms with Gasteiger partial charge in [0.2, 0.25) is 11.9 Å². The molecule has 1 heterocycles. The smallest absolute Gasteiger partial charge is 0.231 e. The zero-order valence-electron chi connectivity index (χ0n) is 12.5. The molecule has 1 aromatic carbocycles. The minimum Gasteiger partial charge on any atom is -0.297 e. The van der Waals surface area contributed by atoms with E-state index in [4.69, 9.17) is 0 Å². The Kier molecular flexibility index (Phi) is 3.41. The van der Waals surface area contributed by atoms with E-state index >= 15 is 0 Å². The van der Waals surface area contributed by atoms with Gasteiger partial charge in [0.05, 0.1) is 0 Å². The van der Waals surface area contributed by atoms with Crippen LogP contribution in [-0.2, 0) is 17.6 Å². The van der Waals surface area contributed by atoms with E-state index in [1.807, 2.05) is 4.57 Å². The van der Waals surface area contributed by atoms with E-state index in [1.165, 1.54) is 11.1 Å². The molecule has 1 aromatic heterocycles. The average Bonchev–Trinajstić information content (AvgIpc) is 3.27. The summed E-state index contributed by atoms with van der Waals surface area (Å²) < 4.78 is 1.98. The average molecular weight is 296 g/mol. The second-order valence-corrected chi connectivity index (χ2v) is 6.42. The first kappa shape index (κ1) is 13.5. The SMILES string of the molecule is O=C(CC1CCc2ccccc2C1)Nc1nncn1C1CC1. The third kappa shape index (κ3) is 2.75. The standard InChI is InChI=1S/C17H20N4O/c22-16(19-17-20-18-11-21(17)15-7-8-15)10-12-5-6-13-3-1-2-4-14(13)9-12/h1-4,11-12,15H,5-10H2,(H,19,20,22). The highest BCUT2D eigenvalue weighted by Gasteiger charge is 2.27. The van der Waals surface area contributed by atoms with Crippen molar-refractivity contribution in [2.75, 3.05) is 5.32 Å². The summed E-state index contributed by atoms with van der Waals surface area (Å²) in [5, 5.41) is 10.9. The lowest BCUT2D eigenvalue weighted by Crippen LogP contribution is -2.22. The number of carbonyl (C=O) groups excluding carboxylic acids is 1. The molecule has 1 atom stereocenters. The summed E-state index contributed by atoms with van der Waals surface area (Å²) >= 11 is 0. The lowest BCUT2D eigenvalue weighted by Gasteiger charge is -2.24. The van der Waals surface area contributed by atoms with Crippen LogP contribution < -0.4 is 5.32 Å². The summed E-state index contributed by atoms with van der Waals surface area (Å²) in [6, 6.07) is 9.04. The maximum absolute atomic E-state index is 12.3. The Labute approximate surface area is 129 Å². The Bertz CT molecular complexity index is 689. The fourth-order valence-electron chi connectivity index (χ4n) is 3.34. The lowest BCUT2D eigenvalue weighted by atomic mass is 9.82. The number of amides is 1. The first-order chi connectivity index (χ1) is 10.8. The van der Waals surface area contributed by atoms with Crippen LogP contribution >= 0.6 is 0 Å². The molecule has 2 aromatic rings. The van der Waals surface area contributed by atoms with Crippen LogP contribution in [0.3, 0.4) is 0 Å². The number of aromatic nitrogens is 3. The van der Waals surface area contributed by atoms with Gasteiger partial charge in [0.25, 0.3) is 0 Å². The van der Waals surface area contributed by atoms with Gasteiger partial charge in [0, 0.05) is 12.5 Å². The van der Waals surface area contributed by atoms with Gasteiger partial charge in [-0.2, -0.15) is 0 Å². The topological polar surface area (TPSA) is 59.8 Å². The van der Waals surface area contributed by atoms with E-state index in [9.17, 15) is 4.79 Å². The first-order valence-corrected chi connectivity index (χ1v) is 8.06. The molecule has 2 aliphatic rings. The molecule has 2 aliphatic carbocycles. The fraction of sp³-hybridized carbons (Fsp3) is 0.471. The Morgan fingerprint density at radius 1 is 1.23 bits per heavy atom. The molecule has 0 spiro atoms. The summed E-state index contributed by atoms with van der Waals surface area (Å²) in [5.41, 5.74) is 2.83. The molecule has 1 N–H and O–H groups in total. The first-order valence-electron chi connectivity index (χ1n) is 8.06. The molecule has 0 bridgehead atoms. The van der Waals surface area contributed by atoms with E-state index in [1.54, 1.807) is 6.33 Å². The molecule has 0 radical (unpaired) electrons. The van der Waals surface area contributed by atoms with Crippen LogP contribution in [-0.4, -0.2) is 20.7 Å². The molecule has 1 fully saturated rings. The normalized spacial score (nSPS) is 20.5. The van der Waals surface area contributed by atoms with Gasteiger partial charge in [-0.15, -0.1) is 10.2 Å². The van der Waals surface area contributed by atoms with Crippen LogP contribution in [0.15, 0.2) is 30.6 Å². The Morgan fingerprint density at radius 2 is 2.05 bits per heavy atom. The maximum atomic E-state index is 12.3. The van der Waals surface area contributed by atoms with Crippen molar-refractivity contribution in [2.24, 2.45) is 5.92 Å². The molecule has 5 nitrogen and oxygen atoms in total. The van der Waals surface area contributed by atoms with Gasteiger partial charge < -0.3 is 0 Å². The molecule has 0 saturated heterocycles. The number of fused-ring (bicyclic) bond motifs is 1. The Morgan fingerprint density at radius 3 is 2.86 bits per heavy atom. The highest BCUT2D eigenvalue weighted by atomic mass is 16.1. The van der Waals surface area contributed by atoms with Crippen molar-refractivity contribution < 1.29 is 4.79 Å². The molecule has 114 valence electrons. The predicted octanol–water partition coefficient (Wildman–Crippen LogP) is 2.75. The van der Waals surface area contributed by atoms with Gasteiger partial charge in [0.1, 0.15) is 6.33 Å². The van der Waals surface area contributed by atoms with E-state index < -0.39 is 0 Å². The highest BCUT2D eigenvalue weighted by Crippen LogP contribution is 2.36. The van der Waals surface area contributed by atoms with Crippen molar-refractivity contribution in [3.63, 3.8) is 0 Å². The van der Waals surface area contributed by atoms with Crippen molar-refractivity contribution in [2.45, 2.75) is 44.6 Å². The van der Waals surface area contributed by atoms with Crippen LogP contribution in [0.5, 0.6) is 0 Å². The van der Waals surface area contributed by atoms with E-state index in [-0.39, 0.29) is 5.91 Å². The largest absolute Gasteiger partial charge is 0.297 e. The van der Waals surface area contributed by atoms with Crippen LogP contribution in [0.2, 0.25) is 0 Å². The van der Waals surface area contributed by atoms with E-state index in [2.05, 4.69) is 39.8 Å². The Hall–Kier alpha value is -2.17. The van der Waals surface area contributed by atoms with Crippen LogP contribution in [0, 0.1) is 5.92 Å². The van der Waals surface area contributed by atoms with Gasteiger partial charge in [-0.25, -0.2) is 0 Å². The van der Waals surface area contributed by atoms with Gasteiger partial charge in [-0.05, 0) is 49.1 Å². The number of nitrogens with one attached hydrogen (secondary N) is 1. The van der Waals surface area contributed by atoms with Crippen LogP contribution in [0.4, 0.5) is 5.95 Å². The summed E-state index contributed by atoms with van der Waals surface area (Å²) in [5.74, 6) is 1.08. The molecule has 5 heteroatoms. The van der Waals surface area contributed by atoms with Crippen molar-refractivity contribution >= 4 is 11.9 Å². The lowest BCUT2D eigenvalue weighted by molar-refractivity contribution is -0.117. The van der Waals surface area contributed by atoms with Crippen molar-refractivity contribution in [1.29, 1.82) is 0 Å². The Balaban J connectivity index is 1.37. The number of benzene rings is 1. The van der Waals surface area contributed by atoms with Crippen LogP contribution in [0.1, 0.15) is 42.9 Å². The second-order valence-electron chi connectivity index (χ2n) is 6.42. The van der Waals surface area contributed by atoms with E-state index in [0.29, 0.717) is 24.3 Å². The molecule has 22 heavy (non-hydrogen) atoms. The predicted molar refractivity (Wildman–Crippen MR) is 83.5 cm³/mol. The minimum absolute atomic E-state index is 0.0549. The summed E-state index contributed by atoms with van der Waals surface area (Å²) in [6.07, 6.45) is 7.74. The van der Waals surface area contributed by atoms with E-state index in [0.717, 1.165) is 32.1 Å². The number of nitrogens with zero attached hydrogens (tertiary/aromatic N) is 3. The molecular formula is C17H20N4O. The quantitative estimate of drug-likeness (QED) is 0.943. The van der Waals surface area contributed by atoms with Crippen molar-refractivity contribution in [3.8, 4) is 0 Å². The molecule has 4 rings (SSSR count). The molecular weight excluding hydrogens is 276 g/mol. The third-order valence-corrected chi connectivity index (χ3v) is 4.69. The van der Waals surface area contributed by atoms with Crippen molar-refractivity contribution in [3.05, 3.63) is 41.7 Å². The summed E-state index contributed by atoms with van der Waals surface area (Å²) in [4.78, 5) is 12.3. The van der Waals surface area contributed by atoms with Gasteiger partial charge in [-0.1, -0.05) is 24.3 Å². The summed E-state index contributed by atoms with van der Waals surface area (Å²) in [7, 11) is 0. The third-order valence-electron chi connectivity index (χ3n) is 4.69.